The zero-order valence-electron chi connectivity index (χ0n) is 15.6. The summed E-state index contributed by atoms with van der Waals surface area (Å²) in [4.78, 5) is 13.8. The molecule has 2 atom stereocenters. The summed E-state index contributed by atoms with van der Waals surface area (Å²) in [6, 6.07) is 17.9. The molecule has 1 aromatic heterocycles. The summed E-state index contributed by atoms with van der Waals surface area (Å²) >= 11 is 1.61. The molecule has 0 aliphatic carbocycles. The Morgan fingerprint density at radius 1 is 1.17 bits per heavy atom. The molecule has 148 valence electrons. The van der Waals surface area contributed by atoms with Crippen LogP contribution in [0, 0.1) is 11.8 Å². The van der Waals surface area contributed by atoms with E-state index in [0.717, 1.165) is 10.4 Å². The highest BCUT2D eigenvalue weighted by Crippen LogP contribution is 2.30. The third-order valence-corrected chi connectivity index (χ3v) is 6.70. The van der Waals surface area contributed by atoms with E-state index < -0.39 is 22.0 Å². The minimum Gasteiger partial charge on any atom is -0.481 e. The largest absolute Gasteiger partial charge is 0.481 e. The minimum atomic E-state index is -1.71. The third kappa shape index (κ3) is 5.12. The number of thiophene rings is 1. The van der Waals surface area contributed by atoms with E-state index >= 15 is 0 Å². The van der Waals surface area contributed by atoms with Crippen LogP contribution >= 0.6 is 11.3 Å². The fourth-order valence-electron chi connectivity index (χ4n) is 2.69. The van der Waals surface area contributed by atoms with Crippen LogP contribution in [-0.4, -0.2) is 21.9 Å². The van der Waals surface area contributed by atoms with Gasteiger partial charge in [0.1, 0.15) is 17.6 Å². The number of hydroxylamine groups is 1. The van der Waals surface area contributed by atoms with Gasteiger partial charge in [-0.2, -0.15) is 0 Å². The standard InChI is InChI=1S/C22H19NO4S2/c1-2-3-14-27-18-10-12-19(13-11-18)29(26)21(22(24)23-25)17-8-6-16(7-9-17)20-5-4-15-28-20/h4-13,15,21,25H,14H2,1H3,(H,23,24). The molecule has 29 heavy (non-hydrogen) atoms. The highest BCUT2D eigenvalue weighted by Gasteiger charge is 2.28. The molecule has 2 N–H and O–H groups in total. The molecule has 0 radical (unpaired) electrons. The van der Waals surface area contributed by atoms with Gasteiger partial charge in [0.15, 0.2) is 0 Å². The average molecular weight is 426 g/mol. The van der Waals surface area contributed by atoms with Crippen molar-refractivity contribution >= 4 is 28.0 Å². The van der Waals surface area contributed by atoms with Gasteiger partial charge in [-0.1, -0.05) is 36.3 Å². The molecule has 1 heterocycles. The maximum absolute atomic E-state index is 13.1. The van der Waals surface area contributed by atoms with Gasteiger partial charge in [-0.05, 0) is 53.8 Å². The number of hydrogen-bond donors (Lipinski definition) is 2. The molecular weight excluding hydrogens is 406 g/mol. The smallest absolute Gasteiger partial charge is 0.263 e. The highest BCUT2D eigenvalue weighted by atomic mass is 32.2. The van der Waals surface area contributed by atoms with Crippen LogP contribution in [-0.2, 0) is 15.6 Å². The first-order valence-corrected chi connectivity index (χ1v) is 10.8. The summed E-state index contributed by atoms with van der Waals surface area (Å²) < 4.78 is 18.6. The van der Waals surface area contributed by atoms with Crippen LogP contribution in [0.4, 0.5) is 0 Å². The van der Waals surface area contributed by atoms with Gasteiger partial charge in [0, 0.05) is 9.77 Å². The summed E-state index contributed by atoms with van der Waals surface area (Å²) in [7, 11) is -1.71. The van der Waals surface area contributed by atoms with Gasteiger partial charge >= 0.3 is 0 Å². The van der Waals surface area contributed by atoms with E-state index in [2.05, 4.69) is 11.8 Å². The topological polar surface area (TPSA) is 75.6 Å². The first-order chi connectivity index (χ1) is 14.1. The van der Waals surface area contributed by atoms with Crippen molar-refractivity contribution in [2.45, 2.75) is 17.1 Å². The lowest BCUT2D eigenvalue weighted by Crippen LogP contribution is -2.29. The van der Waals surface area contributed by atoms with Crippen molar-refractivity contribution in [2.24, 2.45) is 0 Å². The van der Waals surface area contributed by atoms with Crippen LogP contribution in [0.2, 0.25) is 0 Å². The number of amides is 1. The lowest BCUT2D eigenvalue weighted by molar-refractivity contribution is -0.128. The summed E-state index contributed by atoms with van der Waals surface area (Å²) in [5, 5.41) is 10.1. The minimum absolute atomic E-state index is 0.269. The molecule has 5 nitrogen and oxygen atoms in total. The zero-order chi connectivity index (χ0) is 20.6. The summed E-state index contributed by atoms with van der Waals surface area (Å²) in [6.07, 6.45) is 0. The fourth-order valence-corrected chi connectivity index (χ4v) is 4.75. The molecule has 3 rings (SSSR count). The van der Waals surface area contributed by atoms with Crippen molar-refractivity contribution in [3.63, 3.8) is 0 Å². The predicted molar refractivity (Wildman–Crippen MR) is 114 cm³/mol. The molecule has 2 unspecified atom stereocenters. The Labute approximate surface area is 175 Å². The maximum atomic E-state index is 13.1. The molecule has 7 heteroatoms. The second-order valence-electron chi connectivity index (χ2n) is 5.94. The Kier molecular flexibility index (Phi) is 7.19. The van der Waals surface area contributed by atoms with Crippen molar-refractivity contribution < 1.29 is 18.9 Å². The number of rotatable bonds is 7. The molecule has 0 bridgehead atoms. The van der Waals surface area contributed by atoms with Gasteiger partial charge in [0.25, 0.3) is 5.91 Å². The van der Waals surface area contributed by atoms with E-state index in [1.807, 2.05) is 29.6 Å². The SMILES string of the molecule is CC#CCOc1ccc(S(=O)C(C(=O)NO)c2ccc(-c3cccs3)cc2)cc1. The van der Waals surface area contributed by atoms with Crippen molar-refractivity contribution in [1.82, 2.24) is 5.48 Å². The van der Waals surface area contributed by atoms with Gasteiger partial charge in [-0.25, -0.2) is 5.48 Å². The van der Waals surface area contributed by atoms with Crippen molar-refractivity contribution in [3.05, 3.63) is 71.6 Å². The fraction of sp³-hybridized carbons (Fsp3) is 0.136. The van der Waals surface area contributed by atoms with Crippen molar-refractivity contribution in [3.8, 4) is 28.0 Å². The van der Waals surface area contributed by atoms with Crippen LogP contribution in [0.5, 0.6) is 5.75 Å². The quantitative estimate of drug-likeness (QED) is 0.338. The van der Waals surface area contributed by atoms with Crippen LogP contribution in [0.1, 0.15) is 17.7 Å². The van der Waals surface area contributed by atoms with Crippen molar-refractivity contribution in [2.75, 3.05) is 6.61 Å². The number of hydrogen-bond acceptors (Lipinski definition) is 5. The van der Waals surface area contributed by atoms with Gasteiger partial charge in [-0.3, -0.25) is 14.2 Å². The van der Waals surface area contributed by atoms with Crippen LogP contribution in [0.25, 0.3) is 10.4 Å². The molecule has 1 amide bonds. The van der Waals surface area contributed by atoms with Crippen LogP contribution in [0.3, 0.4) is 0 Å². The number of benzene rings is 2. The molecule has 0 aliphatic rings. The zero-order valence-corrected chi connectivity index (χ0v) is 17.3. The van der Waals surface area contributed by atoms with Gasteiger partial charge < -0.3 is 4.74 Å². The van der Waals surface area contributed by atoms with E-state index in [-0.39, 0.29) is 6.61 Å². The van der Waals surface area contributed by atoms with Gasteiger partial charge in [0.2, 0.25) is 0 Å². The summed E-state index contributed by atoms with van der Waals surface area (Å²) in [5.41, 5.74) is 3.19. The van der Waals surface area contributed by atoms with E-state index in [0.29, 0.717) is 16.2 Å². The molecule has 0 spiro atoms. The van der Waals surface area contributed by atoms with E-state index in [1.54, 1.807) is 60.1 Å². The second kappa shape index (κ2) is 10.0. The van der Waals surface area contributed by atoms with E-state index in [1.165, 1.54) is 0 Å². The lowest BCUT2D eigenvalue weighted by Gasteiger charge is -2.16. The first-order valence-electron chi connectivity index (χ1n) is 8.75. The molecule has 2 aromatic carbocycles. The van der Waals surface area contributed by atoms with Gasteiger partial charge in [0.05, 0.1) is 10.8 Å². The molecule has 0 saturated carbocycles. The van der Waals surface area contributed by atoms with Crippen LogP contribution in [0.15, 0.2) is 70.9 Å². The summed E-state index contributed by atoms with van der Waals surface area (Å²) in [5.74, 6) is 5.40. The predicted octanol–water partition coefficient (Wildman–Crippen LogP) is 4.17. The summed E-state index contributed by atoms with van der Waals surface area (Å²) in [6.45, 7) is 2.00. The normalized spacial score (nSPS) is 12.3. The third-order valence-electron chi connectivity index (χ3n) is 4.13. The Morgan fingerprint density at radius 2 is 1.90 bits per heavy atom. The second-order valence-corrected chi connectivity index (χ2v) is 8.42. The van der Waals surface area contributed by atoms with E-state index in [4.69, 9.17) is 9.94 Å². The Hall–Kier alpha value is -2.92. The van der Waals surface area contributed by atoms with Gasteiger partial charge in [-0.15, -0.1) is 17.3 Å². The maximum Gasteiger partial charge on any atom is 0.263 e. The Bertz CT molecular complexity index is 1030. The van der Waals surface area contributed by atoms with Crippen molar-refractivity contribution in [1.29, 1.82) is 0 Å². The molecular formula is C22H19NO4S2. The average Bonchev–Trinajstić information content (AvgIpc) is 3.30. The number of carbonyl (C=O) groups is 1. The number of ether oxygens (including phenoxy) is 1. The molecule has 0 fully saturated rings. The van der Waals surface area contributed by atoms with Crippen LogP contribution < -0.4 is 10.2 Å². The lowest BCUT2D eigenvalue weighted by atomic mass is 10.1. The molecule has 3 aromatic rings. The monoisotopic (exact) mass is 425 g/mol. The van der Waals surface area contributed by atoms with E-state index in [9.17, 15) is 9.00 Å². The Morgan fingerprint density at radius 3 is 2.48 bits per heavy atom. The molecule has 0 aliphatic heterocycles. The number of carbonyl (C=O) groups excluding carboxylic acids is 1. The Balaban J connectivity index is 1.83. The molecule has 0 saturated heterocycles. The highest BCUT2D eigenvalue weighted by molar-refractivity contribution is 7.86. The number of nitrogens with one attached hydrogen (secondary N) is 1. The first kappa shape index (κ1) is 20.8.